The number of ether oxygens (including phenoxy) is 1. The lowest BCUT2D eigenvalue weighted by Crippen LogP contribution is -2.48. The first-order valence-corrected chi connectivity index (χ1v) is 10.4. The van der Waals surface area contributed by atoms with Gasteiger partial charge >= 0.3 is 5.69 Å². The SMILES string of the molecule is COc1cccc(N2CCN(S(=O)(=O)c3cc4[nH]c(=O)[nH]c4cc3C)CC2)c1. The second kappa shape index (κ2) is 6.99. The zero-order chi connectivity index (χ0) is 19.9. The second-order valence-electron chi connectivity index (χ2n) is 6.84. The molecule has 0 saturated carbocycles. The summed E-state index contributed by atoms with van der Waals surface area (Å²) < 4.78 is 33.1. The van der Waals surface area contributed by atoms with E-state index in [1.54, 1.807) is 20.1 Å². The summed E-state index contributed by atoms with van der Waals surface area (Å²) in [5, 5.41) is 0. The highest BCUT2D eigenvalue weighted by atomic mass is 32.2. The van der Waals surface area contributed by atoms with Crippen LogP contribution in [0.25, 0.3) is 11.0 Å². The number of sulfonamides is 1. The van der Waals surface area contributed by atoms with Gasteiger partial charge in [-0.15, -0.1) is 0 Å². The van der Waals surface area contributed by atoms with Crippen LogP contribution in [0.2, 0.25) is 0 Å². The van der Waals surface area contributed by atoms with Crippen molar-refractivity contribution in [3.05, 3.63) is 52.4 Å². The molecule has 0 atom stereocenters. The second-order valence-corrected chi connectivity index (χ2v) is 8.74. The molecule has 9 heteroatoms. The maximum Gasteiger partial charge on any atom is 0.323 e. The third kappa shape index (κ3) is 3.27. The molecule has 2 aromatic carbocycles. The molecule has 1 fully saturated rings. The molecule has 1 aliphatic heterocycles. The van der Waals surface area contributed by atoms with Gasteiger partial charge in [0.2, 0.25) is 10.0 Å². The summed E-state index contributed by atoms with van der Waals surface area (Å²) in [6, 6.07) is 11.0. The first-order valence-electron chi connectivity index (χ1n) is 9.00. The van der Waals surface area contributed by atoms with Gasteiger partial charge in [-0.25, -0.2) is 13.2 Å². The number of nitrogens with zero attached hydrogens (tertiary/aromatic N) is 2. The Morgan fingerprint density at radius 2 is 1.68 bits per heavy atom. The molecule has 1 aromatic heterocycles. The standard InChI is InChI=1S/C19H22N4O4S/c1-13-10-16-17(21-19(24)20-16)12-18(13)28(25,26)23-8-6-22(7-9-23)14-4-3-5-15(11-14)27-2/h3-5,10-12H,6-9H2,1-2H3,(H2,20,21,24). The highest BCUT2D eigenvalue weighted by Gasteiger charge is 2.30. The lowest BCUT2D eigenvalue weighted by Gasteiger charge is -2.35. The molecular weight excluding hydrogens is 380 g/mol. The van der Waals surface area contributed by atoms with E-state index in [4.69, 9.17) is 4.74 Å². The number of imidazole rings is 1. The normalized spacial score (nSPS) is 15.9. The Labute approximate surface area is 162 Å². The average Bonchev–Trinajstić information content (AvgIpc) is 3.06. The van der Waals surface area contributed by atoms with Gasteiger partial charge in [0.25, 0.3) is 0 Å². The van der Waals surface area contributed by atoms with Gasteiger partial charge in [0.15, 0.2) is 0 Å². The molecule has 4 rings (SSSR count). The van der Waals surface area contributed by atoms with Crippen molar-refractivity contribution in [3.8, 4) is 5.75 Å². The van der Waals surface area contributed by atoms with Gasteiger partial charge in [-0.05, 0) is 36.8 Å². The number of hydrogen-bond donors (Lipinski definition) is 2. The number of anilines is 1. The molecule has 28 heavy (non-hydrogen) atoms. The van der Waals surface area contributed by atoms with Crippen LogP contribution in [0.1, 0.15) is 5.56 Å². The van der Waals surface area contributed by atoms with Gasteiger partial charge in [-0.2, -0.15) is 4.31 Å². The van der Waals surface area contributed by atoms with Crippen LogP contribution in [0.3, 0.4) is 0 Å². The molecule has 0 amide bonds. The summed E-state index contributed by atoms with van der Waals surface area (Å²) in [5.74, 6) is 0.775. The Hall–Kier alpha value is -2.78. The summed E-state index contributed by atoms with van der Waals surface area (Å²) >= 11 is 0. The van der Waals surface area contributed by atoms with Crippen LogP contribution in [-0.2, 0) is 10.0 Å². The van der Waals surface area contributed by atoms with Crippen LogP contribution in [0, 0.1) is 6.92 Å². The van der Waals surface area contributed by atoms with Crippen molar-refractivity contribution < 1.29 is 13.2 Å². The number of fused-ring (bicyclic) bond motifs is 1. The summed E-state index contributed by atoms with van der Waals surface area (Å²) in [6.45, 7) is 3.70. The lowest BCUT2D eigenvalue weighted by molar-refractivity contribution is 0.384. The fourth-order valence-electron chi connectivity index (χ4n) is 3.58. The number of hydrogen-bond acceptors (Lipinski definition) is 5. The summed E-state index contributed by atoms with van der Waals surface area (Å²) in [6.07, 6.45) is 0. The van der Waals surface area contributed by atoms with Crippen molar-refractivity contribution in [2.75, 3.05) is 38.2 Å². The molecule has 3 aromatic rings. The lowest BCUT2D eigenvalue weighted by atomic mass is 10.2. The highest BCUT2D eigenvalue weighted by Crippen LogP contribution is 2.27. The number of aryl methyl sites for hydroxylation is 1. The van der Waals surface area contributed by atoms with E-state index in [0.717, 1.165) is 11.4 Å². The number of methoxy groups -OCH3 is 1. The van der Waals surface area contributed by atoms with Crippen molar-refractivity contribution >= 4 is 26.7 Å². The number of aromatic nitrogens is 2. The van der Waals surface area contributed by atoms with Gasteiger partial charge < -0.3 is 19.6 Å². The van der Waals surface area contributed by atoms with E-state index in [-0.39, 0.29) is 10.6 Å². The van der Waals surface area contributed by atoms with Crippen molar-refractivity contribution in [2.45, 2.75) is 11.8 Å². The van der Waals surface area contributed by atoms with Gasteiger partial charge in [0.1, 0.15) is 5.75 Å². The fourth-order valence-corrected chi connectivity index (χ4v) is 5.24. The van der Waals surface area contributed by atoms with Crippen molar-refractivity contribution in [1.29, 1.82) is 0 Å². The maximum atomic E-state index is 13.2. The Morgan fingerprint density at radius 1 is 1.00 bits per heavy atom. The summed E-state index contributed by atoms with van der Waals surface area (Å²) in [7, 11) is -2.02. The minimum Gasteiger partial charge on any atom is -0.497 e. The molecule has 8 nitrogen and oxygen atoms in total. The molecule has 0 unspecified atom stereocenters. The highest BCUT2D eigenvalue weighted by molar-refractivity contribution is 7.89. The quantitative estimate of drug-likeness (QED) is 0.692. The predicted octanol–water partition coefficient (Wildman–Crippen LogP) is 1.68. The van der Waals surface area contributed by atoms with Crippen LogP contribution >= 0.6 is 0 Å². The molecule has 2 N–H and O–H groups in total. The largest absolute Gasteiger partial charge is 0.497 e. The zero-order valence-electron chi connectivity index (χ0n) is 15.7. The van der Waals surface area contributed by atoms with Gasteiger partial charge in [0.05, 0.1) is 23.0 Å². The number of nitrogens with one attached hydrogen (secondary N) is 2. The molecule has 0 spiro atoms. The zero-order valence-corrected chi connectivity index (χ0v) is 16.5. The number of benzene rings is 2. The predicted molar refractivity (Wildman–Crippen MR) is 108 cm³/mol. The molecule has 1 saturated heterocycles. The first-order chi connectivity index (χ1) is 13.4. The monoisotopic (exact) mass is 402 g/mol. The molecule has 2 heterocycles. The van der Waals surface area contributed by atoms with Crippen molar-refractivity contribution in [2.24, 2.45) is 0 Å². The number of aromatic amines is 2. The Morgan fingerprint density at radius 3 is 2.36 bits per heavy atom. The van der Waals surface area contributed by atoms with Gasteiger partial charge in [0, 0.05) is 37.9 Å². The third-order valence-corrected chi connectivity index (χ3v) is 7.13. The van der Waals surface area contributed by atoms with E-state index in [1.165, 1.54) is 10.4 Å². The van der Waals surface area contributed by atoms with E-state index >= 15 is 0 Å². The van der Waals surface area contributed by atoms with Crippen LogP contribution in [0.4, 0.5) is 5.69 Å². The number of H-pyrrole nitrogens is 2. The van der Waals surface area contributed by atoms with Crippen LogP contribution in [0.5, 0.6) is 5.75 Å². The van der Waals surface area contributed by atoms with E-state index < -0.39 is 10.0 Å². The molecule has 0 radical (unpaired) electrons. The minimum absolute atomic E-state index is 0.227. The smallest absolute Gasteiger partial charge is 0.323 e. The van der Waals surface area contributed by atoms with Crippen LogP contribution < -0.4 is 15.3 Å². The van der Waals surface area contributed by atoms with E-state index in [1.807, 2.05) is 24.3 Å². The fraction of sp³-hybridized carbons (Fsp3) is 0.316. The first kappa shape index (κ1) is 18.6. The Bertz CT molecular complexity index is 1170. The van der Waals surface area contributed by atoms with Crippen LogP contribution in [0.15, 0.2) is 46.1 Å². The van der Waals surface area contributed by atoms with Crippen LogP contribution in [-0.4, -0.2) is 56.0 Å². The molecule has 148 valence electrons. The topological polar surface area (TPSA) is 98.5 Å². The molecular formula is C19H22N4O4S. The molecule has 0 aliphatic carbocycles. The Balaban J connectivity index is 1.56. The summed E-state index contributed by atoms with van der Waals surface area (Å²) in [5.41, 5.74) is 2.36. The minimum atomic E-state index is -3.65. The Kier molecular flexibility index (Phi) is 4.64. The summed E-state index contributed by atoms with van der Waals surface area (Å²) in [4.78, 5) is 19.1. The molecule has 1 aliphatic rings. The maximum absolute atomic E-state index is 13.2. The average molecular weight is 402 g/mol. The van der Waals surface area contributed by atoms with E-state index in [9.17, 15) is 13.2 Å². The molecule has 0 bridgehead atoms. The van der Waals surface area contributed by atoms with E-state index in [0.29, 0.717) is 42.8 Å². The van der Waals surface area contributed by atoms with Crippen molar-refractivity contribution in [1.82, 2.24) is 14.3 Å². The number of piperazine rings is 1. The third-order valence-electron chi connectivity index (χ3n) is 5.09. The van der Waals surface area contributed by atoms with Gasteiger partial charge in [-0.1, -0.05) is 6.07 Å². The van der Waals surface area contributed by atoms with Crippen molar-refractivity contribution in [3.63, 3.8) is 0 Å². The van der Waals surface area contributed by atoms with Gasteiger partial charge in [-0.3, -0.25) is 0 Å². The number of rotatable bonds is 4. The van der Waals surface area contributed by atoms with E-state index in [2.05, 4.69) is 14.9 Å².